The molecule has 0 aliphatic rings. The fourth-order valence-corrected chi connectivity index (χ4v) is 1.27. The van der Waals surface area contributed by atoms with Gasteiger partial charge in [-0.1, -0.05) is 25.2 Å². The molecule has 0 saturated heterocycles. The molecule has 3 nitrogen and oxygen atoms in total. The number of nitrogens with two attached hydrogens (primary N) is 1. The Balaban J connectivity index is 2.73. The highest BCUT2D eigenvalue weighted by Gasteiger charge is 2.15. The molecule has 1 aromatic rings. The van der Waals surface area contributed by atoms with E-state index in [1.54, 1.807) is 6.20 Å². The summed E-state index contributed by atoms with van der Waals surface area (Å²) >= 11 is 4.93. The molecule has 0 radical (unpaired) electrons. The number of nitrogens with zero attached hydrogens (tertiary/aromatic N) is 1. The predicted octanol–water partition coefficient (Wildman–Crippen LogP) is 1.84. The lowest BCUT2D eigenvalue weighted by molar-refractivity contribution is 0.0967. The van der Waals surface area contributed by atoms with E-state index >= 15 is 0 Å². The average molecular weight is 210 g/mol. The van der Waals surface area contributed by atoms with Crippen molar-refractivity contribution in [1.82, 2.24) is 4.98 Å². The molecule has 1 heterocycles. The van der Waals surface area contributed by atoms with Gasteiger partial charge in [-0.05, 0) is 18.6 Å². The van der Waals surface area contributed by atoms with Crippen molar-refractivity contribution >= 4 is 17.2 Å². The number of hydrogen-bond donors (Lipinski definition) is 1. The van der Waals surface area contributed by atoms with E-state index in [2.05, 4.69) is 4.98 Å². The molecule has 0 fully saturated rings. The molecule has 0 aliphatic heterocycles. The average Bonchev–Trinajstić information content (AvgIpc) is 2.19. The Morgan fingerprint density at radius 2 is 2.43 bits per heavy atom. The molecule has 4 heteroatoms. The molecule has 0 bridgehead atoms. The van der Waals surface area contributed by atoms with Crippen LogP contribution in [0.2, 0.25) is 0 Å². The van der Waals surface area contributed by atoms with Gasteiger partial charge in [0.15, 0.2) is 0 Å². The maximum Gasteiger partial charge on any atom is 0.149 e. The van der Waals surface area contributed by atoms with Gasteiger partial charge in [-0.3, -0.25) is 4.98 Å². The van der Waals surface area contributed by atoms with Gasteiger partial charge in [-0.2, -0.15) is 0 Å². The summed E-state index contributed by atoms with van der Waals surface area (Å²) in [5.74, 6) is 0. The quantitative estimate of drug-likeness (QED) is 0.753. The highest BCUT2D eigenvalue weighted by molar-refractivity contribution is 7.80. The lowest BCUT2D eigenvalue weighted by atomic mass is 10.2. The van der Waals surface area contributed by atoms with Gasteiger partial charge in [-0.15, -0.1) is 0 Å². The summed E-state index contributed by atoms with van der Waals surface area (Å²) in [4.78, 5) is 4.49. The summed E-state index contributed by atoms with van der Waals surface area (Å²) in [5, 5.41) is 0. The Bertz CT molecular complexity index is 289. The van der Waals surface area contributed by atoms with E-state index in [9.17, 15) is 0 Å². The fraction of sp³-hybridized carbons (Fsp3) is 0.400. The van der Waals surface area contributed by atoms with Crippen molar-refractivity contribution in [1.29, 1.82) is 0 Å². The van der Waals surface area contributed by atoms with Gasteiger partial charge in [-0.25, -0.2) is 0 Å². The third-order valence-corrected chi connectivity index (χ3v) is 1.92. The molecule has 0 aliphatic carbocycles. The number of aromatic nitrogens is 1. The van der Waals surface area contributed by atoms with E-state index in [-0.39, 0.29) is 6.10 Å². The third kappa shape index (κ3) is 3.05. The molecule has 1 atom stereocenters. The van der Waals surface area contributed by atoms with Crippen molar-refractivity contribution in [3.05, 3.63) is 30.1 Å². The first-order chi connectivity index (χ1) is 6.75. The first kappa shape index (κ1) is 11.1. The smallest absolute Gasteiger partial charge is 0.149 e. The Kier molecular flexibility index (Phi) is 4.49. The monoisotopic (exact) mass is 210 g/mol. The van der Waals surface area contributed by atoms with E-state index < -0.39 is 0 Å². The second kappa shape index (κ2) is 5.67. The fourth-order valence-electron chi connectivity index (χ4n) is 1.08. The van der Waals surface area contributed by atoms with Crippen LogP contribution in [0.3, 0.4) is 0 Å². The highest BCUT2D eigenvalue weighted by Crippen LogP contribution is 2.14. The zero-order valence-corrected chi connectivity index (χ0v) is 8.96. The molecule has 0 amide bonds. The van der Waals surface area contributed by atoms with Gasteiger partial charge in [0.05, 0.1) is 5.69 Å². The second-order valence-corrected chi connectivity index (χ2v) is 3.38. The minimum atomic E-state index is -0.355. The van der Waals surface area contributed by atoms with Crippen LogP contribution >= 0.6 is 12.2 Å². The molecular weight excluding hydrogens is 196 g/mol. The number of pyridine rings is 1. The predicted molar refractivity (Wildman–Crippen MR) is 60.0 cm³/mol. The summed E-state index contributed by atoms with van der Waals surface area (Å²) < 4.78 is 5.51. The second-order valence-electron chi connectivity index (χ2n) is 2.91. The molecule has 0 aromatic carbocycles. The molecular formula is C10H14N2OS. The zero-order chi connectivity index (χ0) is 10.4. The SMILES string of the molecule is CCCOC(C(N)=S)c1ccccn1. The van der Waals surface area contributed by atoms with Crippen LogP contribution in [0.5, 0.6) is 0 Å². The van der Waals surface area contributed by atoms with Crippen molar-refractivity contribution in [3.8, 4) is 0 Å². The van der Waals surface area contributed by atoms with Crippen LogP contribution in [-0.2, 0) is 4.74 Å². The summed E-state index contributed by atoms with van der Waals surface area (Å²) in [5.41, 5.74) is 6.35. The van der Waals surface area contributed by atoms with Crippen LogP contribution < -0.4 is 5.73 Å². The Labute approximate surface area is 89.3 Å². The van der Waals surface area contributed by atoms with Gasteiger partial charge in [0.25, 0.3) is 0 Å². The zero-order valence-electron chi connectivity index (χ0n) is 8.14. The van der Waals surface area contributed by atoms with Crippen LogP contribution in [0.25, 0.3) is 0 Å². The lowest BCUT2D eigenvalue weighted by Crippen LogP contribution is -2.23. The van der Waals surface area contributed by atoms with Gasteiger partial charge in [0.1, 0.15) is 11.1 Å². The Morgan fingerprint density at radius 3 is 2.93 bits per heavy atom. The van der Waals surface area contributed by atoms with Crippen LogP contribution in [0.1, 0.15) is 25.1 Å². The molecule has 1 unspecified atom stereocenters. The Morgan fingerprint density at radius 1 is 1.64 bits per heavy atom. The first-order valence-electron chi connectivity index (χ1n) is 4.57. The van der Waals surface area contributed by atoms with E-state index in [0.717, 1.165) is 12.1 Å². The minimum absolute atomic E-state index is 0.331. The van der Waals surface area contributed by atoms with Crippen LogP contribution in [-0.4, -0.2) is 16.6 Å². The minimum Gasteiger partial charge on any atom is -0.391 e. The first-order valence-corrected chi connectivity index (χ1v) is 4.98. The van der Waals surface area contributed by atoms with Crippen LogP contribution in [0.4, 0.5) is 0 Å². The molecule has 14 heavy (non-hydrogen) atoms. The third-order valence-electron chi connectivity index (χ3n) is 1.70. The summed E-state index contributed by atoms with van der Waals surface area (Å²) in [6, 6.07) is 5.60. The van der Waals surface area contributed by atoms with Crippen molar-refractivity contribution in [2.75, 3.05) is 6.61 Å². The highest BCUT2D eigenvalue weighted by atomic mass is 32.1. The van der Waals surface area contributed by atoms with Crippen LogP contribution in [0.15, 0.2) is 24.4 Å². The normalized spacial score (nSPS) is 12.4. The number of ether oxygens (including phenoxy) is 1. The number of rotatable bonds is 5. The number of thiocarbonyl (C=S) groups is 1. The van der Waals surface area contributed by atoms with E-state index in [0.29, 0.717) is 11.6 Å². The molecule has 2 N–H and O–H groups in total. The molecule has 1 rings (SSSR count). The van der Waals surface area contributed by atoms with E-state index in [1.807, 2.05) is 25.1 Å². The van der Waals surface area contributed by atoms with Gasteiger partial charge in [0, 0.05) is 12.8 Å². The van der Waals surface area contributed by atoms with Crippen molar-refractivity contribution < 1.29 is 4.74 Å². The van der Waals surface area contributed by atoms with Crippen molar-refractivity contribution in [2.24, 2.45) is 5.73 Å². The van der Waals surface area contributed by atoms with Gasteiger partial charge >= 0.3 is 0 Å². The Hall–Kier alpha value is -1.00. The topological polar surface area (TPSA) is 48.1 Å². The molecule has 76 valence electrons. The van der Waals surface area contributed by atoms with Crippen LogP contribution in [0, 0.1) is 0 Å². The van der Waals surface area contributed by atoms with E-state index in [1.165, 1.54) is 0 Å². The number of hydrogen-bond acceptors (Lipinski definition) is 3. The van der Waals surface area contributed by atoms with E-state index in [4.69, 9.17) is 22.7 Å². The molecule has 1 aromatic heterocycles. The lowest BCUT2D eigenvalue weighted by Gasteiger charge is -2.15. The van der Waals surface area contributed by atoms with Gasteiger partial charge < -0.3 is 10.5 Å². The maximum absolute atomic E-state index is 5.58. The molecule has 0 saturated carbocycles. The van der Waals surface area contributed by atoms with Crippen molar-refractivity contribution in [3.63, 3.8) is 0 Å². The summed E-state index contributed by atoms with van der Waals surface area (Å²) in [7, 11) is 0. The molecule has 0 spiro atoms. The maximum atomic E-state index is 5.58. The van der Waals surface area contributed by atoms with Crippen molar-refractivity contribution in [2.45, 2.75) is 19.4 Å². The standard InChI is InChI=1S/C10H14N2OS/c1-2-7-13-9(10(11)14)8-5-3-4-6-12-8/h3-6,9H,2,7H2,1H3,(H2,11,14). The van der Waals surface area contributed by atoms with Gasteiger partial charge in [0.2, 0.25) is 0 Å². The summed E-state index contributed by atoms with van der Waals surface area (Å²) in [6.07, 6.45) is 2.29. The summed E-state index contributed by atoms with van der Waals surface area (Å²) in [6.45, 7) is 2.67. The largest absolute Gasteiger partial charge is 0.391 e.